The molecule has 1 rings (SSSR count). The number of nitrogens with two attached hydrogens (primary N) is 1. The number of hydrogen-bond donors (Lipinski definition) is 5. The number of hydrogen-bond acceptors (Lipinski definition) is 5. The molecule has 0 radical (unpaired) electrons. The van der Waals surface area contributed by atoms with Crippen molar-refractivity contribution in [3.63, 3.8) is 0 Å². The molecule has 138 valence electrons. The molecule has 5 N–H and O–H groups in total. The number of nitrogens with one attached hydrogen (secondary N) is 2. The van der Waals surface area contributed by atoms with E-state index in [1.54, 1.807) is 13.8 Å². The molecule has 0 saturated carbocycles. The lowest BCUT2D eigenvalue weighted by molar-refractivity contribution is -0.143. The molecule has 25 heavy (non-hydrogen) atoms. The minimum Gasteiger partial charge on any atom is -0.480 e. The molecule has 8 heteroatoms. The maximum Gasteiger partial charge on any atom is 0.326 e. The molecule has 1 aromatic carbocycles. The second-order valence-electron chi connectivity index (χ2n) is 6.11. The smallest absolute Gasteiger partial charge is 0.326 e. The van der Waals surface area contributed by atoms with Crippen LogP contribution in [0.1, 0.15) is 19.4 Å². The zero-order chi connectivity index (χ0) is 19.0. The monoisotopic (exact) mass is 367 g/mol. The summed E-state index contributed by atoms with van der Waals surface area (Å²) in [6, 6.07) is 6.46. The van der Waals surface area contributed by atoms with Crippen molar-refractivity contribution in [3.05, 3.63) is 35.9 Å². The third kappa shape index (κ3) is 6.75. The molecule has 0 aliphatic rings. The summed E-state index contributed by atoms with van der Waals surface area (Å²) in [5.41, 5.74) is 6.79. The molecule has 0 spiro atoms. The summed E-state index contributed by atoms with van der Waals surface area (Å²) in [6.07, 6.45) is 0.331. The van der Waals surface area contributed by atoms with Gasteiger partial charge >= 0.3 is 5.97 Å². The van der Waals surface area contributed by atoms with Gasteiger partial charge in [0.1, 0.15) is 12.1 Å². The van der Waals surface area contributed by atoms with Gasteiger partial charge in [0.2, 0.25) is 11.8 Å². The highest BCUT2D eigenvalue weighted by molar-refractivity contribution is 7.80. The first kappa shape index (κ1) is 21.0. The second kappa shape index (κ2) is 10.0. The molecule has 2 amide bonds. The number of amides is 2. The van der Waals surface area contributed by atoms with Crippen molar-refractivity contribution in [2.24, 2.45) is 11.7 Å². The van der Waals surface area contributed by atoms with Crippen molar-refractivity contribution in [2.45, 2.75) is 38.4 Å². The van der Waals surface area contributed by atoms with Crippen LogP contribution in [0.15, 0.2) is 30.3 Å². The lowest BCUT2D eigenvalue weighted by atomic mass is 10.0. The van der Waals surface area contributed by atoms with Gasteiger partial charge < -0.3 is 21.5 Å². The highest BCUT2D eigenvalue weighted by Gasteiger charge is 2.28. The summed E-state index contributed by atoms with van der Waals surface area (Å²) in [4.78, 5) is 35.6. The lowest BCUT2D eigenvalue weighted by Crippen LogP contribution is -2.56. The Balaban J connectivity index is 2.65. The fourth-order valence-electron chi connectivity index (χ4n) is 2.20. The summed E-state index contributed by atoms with van der Waals surface area (Å²) in [7, 11) is 0. The van der Waals surface area contributed by atoms with Gasteiger partial charge in [0.05, 0.1) is 6.04 Å². The van der Waals surface area contributed by atoms with E-state index in [1.165, 1.54) is 0 Å². The van der Waals surface area contributed by atoms with Gasteiger partial charge in [-0.05, 0) is 17.9 Å². The van der Waals surface area contributed by atoms with Gasteiger partial charge in [-0.25, -0.2) is 4.79 Å². The fourth-order valence-corrected chi connectivity index (χ4v) is 2.46. The average molecular weight is 367 g/mol. The standard InChI is InChI=1S/C17H25N3O4S/c1-10(2)14(17(23)24)20-16(22)13(9-25)19-15(21)12(18)8-11-6-4-3-5-7-11/h3-7,10,12-14,25H,8-9,18H2,1-2H3,(H,19,21)(H,20,22)(H,23,24). The zero-order valence-electron chi connectivity index (χ0n) is 14.3. The summed E-state index contributed by atoms with van der Waals surface area (Å²) in [5, 5.41) is 14.1. The van der Waals surface area contributed by atoms with Crippen LogP contribution in [-0.2, 0) is 20.8 Å². The van der Waals surface area contributed by atoms with Crippen LogP contribution in [0, 0.1) is 5.92 Å². The fraction of sp³-hybridized carbons (Fsp3) is 0.471. The van der Waals surface area contributed by atoms with Gasteiger partial charge in [0.15, 0.2) is 0 Å². The zero-order valence-corrected chi connectivity index (χ0v) is 15.2. The quantitative estimate of drug-likeness (QED) is 0.399. The van der Waals surface area contributed by atoms with Crippen molar-refractivity contribution >= 4 is 30.4 Å². The normalized spacial score (nSPS) is 14.4. The van der Waals surface area contributed by atoms with E-state index in [2.05, 4.69) is 23.3 Å². The Hall–Kier alpha value is -2.06. The molecule has 0 aromatic heterocycles. The van der Waals surface area contributed by atoms with E-state index in [-0.39, 0.29) is 11.7 Å². The maximum absolute atomic E-state index is 12.2. The van der Waals surface area contributed by atoms with Crippen molar-refractivity contribution < 1.29 is 19.5 Å². The highest BCUT2D eigenvalue weighted by Crippen LogP contribution is 2.04. The Morgan fingerprint density at radius 1 is 1.12 bits per heavy atom. The number of carbonyl (C=O) groups excluding carboxylic acids is 2. The van der Waals surface area contributed by atoms with E-state index < -0.39 is 35.9 Å². The SMILES string of the molecule is CC(C)C(NC(=O)C(CS)NC(=O)C(N)Cc1ccccc1)C(=O)O. The number of aliphatic carboxylic acids is 1. The summed E-state index contributed by atoms with van der Waals surface area (Å²) in [5.74, 6) is -2.49. The Kier molecular flexibility index (Phi) is 8.44. The Bertz CT molecular complexity index is 595. The molecule has 0 fully saturated rings. The number of benzene rings is 1. The molecule has 1 aromatic rings. The van der Waals surface area contributed by atoms with Crippen LogP contribution in [-0.4, -0.2) is 46.8 Å². The van der Waals surface area contributed by atoms with Crippen molar-refractivity contribution in [1.82, 2.24) is 10.6 Å². The molecular weight excluding hydrogens is 342 g/mol. The molecule has 3 atom stereocenters. The largest absolute Gasteiger partial charge is 0.480 e. The third-order valence-electron chi connectivity index (χ3n) is 3.68. The lowest BCUT2D eigenvalue weighted by Gasteiger charge is -2.23. The van der Waals surface area contributed by atoms with Gasteiger partial charge in [-0.3, -0.25) is 9.59 Å². The van der Waals surface area contributed by atoms with E-state index in [4.69, 9.17) is 10.8 Å². The molecule has 0 saturated heterocycles. The second-order valence-corrected chi connectivity index (χ2v) is 6.47. The van der Waals surface area contributed by atoms with Crippen LogP contribution in [0.3, 0.4) is 0 Å². The molecule has 0 aliphatic carbocycles. The molecule has 0 aliphatic heterocycles. The molecule has 7 nitrogen and oxygen atoms in total. The van der Waals surface area contributed by atoms with Crippen molar-refractivity contribution in [1.29, 1.82) is 0 Å². The topological polar surface area (TPSA) is 122 Å². The predicted octanol–water partition coefficient (Wildman–Crippen LogP) is 0.196. The predicted molar refractivity (Wildman–Crippen MR) is 98.3 cm³/mol. The first-order valence-electron chi connectivity index (χ1n) is 8.00. The van der Waals surface area contributed by atoms with E-state index in [9.17, 15) is 14.4 Å². The summed E-state index contributed by atoms with van der Waals surface area (Å²) < 4.78 is 0. The number of carboxylic acids is 1. The summed E-state index contributed by atoms with van der Waals surface area (Å²) in [6.45, 7) is 3.37. The van der Waals surface area contributed by atoms with Gasteiger partial charge in [-0.2, -0.15) is 12.6 Å². The molecule has 0 heterocycles. The molecule has 3 unspecified atom stereocenters. The van der Waals surface area contributed by atoms with E-state index >= 15 is 0 Å². The van der Waals surface area contributed by atoms with E-state index in [0.717, 1.165) is 5.56 Å². The highest BCUT2D eigenvalue weighted by atomic mass is 32.1. The van der Waals surface area contributed by atoms with E-state index in [0.29, 0.717) is 6.42 Å². The van der Waals surface area contributed by atoms with Gasteiger partial charge in [-0.1, -0.05) is 44.2 Å². The van der Waals surface area contributed by atoms with Crippen LogP contribution < -0.4 is 16.4 Å². The Morgan fingerprint density at radius 3 is 2.20 bits per heavy atom. The average Bonchev–Trinajstić information content (AvgIpc) is 2.57. The minimum absolute atomic E-state index is 0.0278. The van der Waals surface area contributed by atoms with Crippen LogP contribution >= 0.6 is 12.6 Å². The molecular formula is C17H25N3O4S. The minimum atomic E-state index is -1.13. The van der Waals surface area contributed by atoms with Crippen LogP contribution in [0.2, 0.25) is 0 Å². The Labute approximate surface area is 152 Å². The van der Waals surface area contributed by atoms with Gasteiger partial charge in [-0.15, -0.1) is 0 Å². The number of rotatable bonds is 9. The number of carboxylic acid groups (broad SMARTS) is 1. The third-order valence-corrected chi connectivity index (χ3v) is 4.05. The first-order chi connectivity index (χ1) is 11.8. The van der Waals surface area contributed by atoms with E-state index in [1.807, 2.05) is 30.3 Å². The van der Waals surface area contributed by atoms with Gasteiger partial charge in [0.25, 0.3) is 0 Å². The van der Waals surface area contributed by atoms with Crippen molar-refractivity contribution in [3.8, 4) is 0 Å². The van der Waals surface area contributed by atoms with Crippen molar-refractivity contribution in [2.75, 3.05) is 5.75 Å². The number of carbonyl (C=O) groups is 3. The Morgan fingerprint density at radius 2 is 1.72 bits per heavy atom. The first-order valence-corrected chi connectivity index (χ1v) is 8.63. The van der Waals surface area contributed by atoms with Crippen LogP contribution in [0.5, 0.6) is 0 Å². The maximum atomic E-state index is 12.2. The molecule has 0 bridgehead atoms. The summed E-state index contributed by atoms with van der Waals surface area (Å²) >= 11 is 4.06. The van der Waals surface area contributed by atoms with Crippen LogP contribution in [0.25, 0.3) is 0 Å². The van der Waals surface area contributed by atoms with Crippen LogP contribution in [0.4, 0.5) is 0 Å². The van der Waals surface area contributed by atoms with Gasteiger partial charge in [0, 0.05) is 5.75 Å². The number of thiol groups is 1.